The molecule has 0 spiro atoms. The fraction of sp³-hybridized carbons (Fsp3) is 0.619. The van der Waals surface area contributed by atoms with Crippen molar-refractivity contribution in [1.29, 1.82) is 0 Å². The van der Waals surface area contributed by atoms with Crippen molar-refractivity contribution < 1.29 is 9.53 Å². The molecule has 0 radical (unpaired) electrons. The van der Waals surface area contributed by atoms with Crippen LogP contribution in [-0.2, 0) is 22.6 Å². The molecule has 0 atom stereocenters. The van der Waals surface area contributed by atoms with E-state index in [2.05, 4.69) is 39.7 Å². The second kappa shape index (κ2) is 14.6. The lowest BCUT2D eigenvalue weighted by Gasteiger charge is -2.20. The maximum atomic E-state index is 11.9. The number of carbonyl (C=O) groups is 1. The largest absolute Gasteiger partial charge is 0.385 e. The Balaban J connectivity index is 0.00000420. The van der Waals surface area contributed by atoms with E-state index in [0.717, 1.165) is 51.6 Å². The third kappa shape index (κ3) is 9.31. The highest BCUT2D eigenvalue weighted by Gasteiger charge is 2.20. The van der Waals surface area contributed by atoms with Gasteiger partial charge in [0.1, 0.15) is 0 Å². The molecular formula is C21H36IN5O2. The highest BCUT2D eigenvalue weighted by molar-refractivity contribution is 14.0. The van der Waals surface area contributed by atoms with Gasteiger partial charge in [-0.15, -0.1) is 24.0 Å². The third-order valence-corrected chi connectivity index (χ3v) is 5.00. The summed E-state index contributed by atoms with van der Waals surface area (Å²) in [6, 6.07) is 8.29. The number of nitrogens with zero attached hydrogens (tertiary/aromatic N) is 3. The summed E-state index contributed by atoms with van der Waals surface area (Å²) in [5.74, 6) is 1.05. The Morgan fingerprint density at radius 1 is 1.24 bits per heavy atom. The zero-order chi connectivity index (χ0) is 20.2. The number of ether oxygens (including phenoxy) is 1. The van der Waals surface area contributed by atoms with Gasteiger partial charge in [-0.1, -0.05) is 24.3 Å². The standard InChI is InChI=1S/C21H35N5O2.HI/c1-22-21(23-11-14-25(2)12-7-15-28-3)24-16-18-8-4-5-9-19(18)17-26-13-6-10-20(26)27;/h4-5,8-9H,6-7,10-17H2,1-3H3,(H2,22,23,24);1H. The molecule has 7 nitrogen and oxygen atoms in total. The first kappa shape index (κ1) is 25.6. The fourth-order valence-corrected chi connectivity index (χ4v) is 3.32. The molecular weight excluding hydrogens is 481 g/mol. The van der Waals surface area contributed by atoms with Gasteiger partial charge in [0.15, 0.2) is 5.96 Å². The molecule has 1 amide bonds. The molecule has 2 rings (SSSR count). The van der Waals surface area contributed by atoms with Gasteiger partial charge in [0.25, 0.3) is 0 Å². The van der Waals surface area contributed by atoms with Gasteiger partial charge in [-0.25, -0.2) is 0 Å². The molecule has 2 N–H and O–H groups in total. The molecule has 1 fully saturated rings. The maximum absolute atomic E-state index is 11.9. The number of benzene rings is 1. The number of hydrogen-bond acceptors (Lipinski definition) is 4. The van der Waals surface area contributed by atoms with Crippen molar-refractivity contribution in [3.05, 3.63) is 35.4 Å². The van der Waals surface area contributed by atoms with Crippen LogP contribution in [0.5, 0.6) is 0 Å². The van der Waals surface area contributed by atoms with E-state index in [9.17, 15) is 4.79 Å². The van der Waals surface area contributed by atoms with Crippen LogP contribution in [-0.4, -0.2) is 75.7 Å². The molecule has 0 saturated carbocycles. The Morgan fingerprint density at radius 3 is 2.66 bits per heavy atom. The molecule has 0 bridgehead atoms. The van der Waals surface area contributed by atoms with E-state index in [1.54, 1.807) is 14.2 Å². The Hall–Kier alpha value is -1.39. The van der Waals surface area contributed by atoms with Crippen LogP contribution in [0.4, 0.5) is 0 Å². The number of amides is 1. The SMILES string of the molecule is CN=C(NCCN(C)CCCOC)NCc1ccccc1CN1CCCC1=O.I. The predicted octanol–water partition coefficient (Wildman–Crippen LogP) is 2.06. The van der Waals surface area contributed by atoms with Crippen molar-refractivity contribution in [2.45, 2.75) is 32.4 Å². The van der Waals surface area contributed by atoms with E-state index in [0.29, 0.717) is 19.5 Å². The van der Waals surface area contributed by atoms with Gasteiger partial charge in [-0.05, 0) is 31.0 Å². The highest BCUT2D eigenvalue weighted by atomic mass is 127. The molecule has 0 aliphatic carbocycles. The third-order valence-electron chi connectivity index (χ3n) is 5.00. The lowest BCUT2D eigenvalue weighted by molar-refractivity contribution is -0.128. The number of methoxy groups -OCH3 is 1. The summed E-state index contributed by atoms with van der Waals surface area (Å²) >= 11 is 0. The number of nitrogens with one attached hydrogen (secondary N) is 2. The number of guanidine groups is 1. The van der Waals surface area contributed by atoms with Crippen LogP contribution < -0.4 is 10.6 Å². The topological polar surface area (TPSA) is 69.2 Å². The van der Waals surface area contributed by atoms with Gasteiger partial charge in [0.05, 0.1) is 0 Å². The van der Waals surface area contributed by atoms with Crippen molar-refractivity contribution in [2.24, 2.45) is 4.99 Å². The minimum Gasteiger partial charge on any atom is -0.385 e. The van der Waals surface area contributed by atoms with Gasteiger partial charge >= 0.3 is 0 Å². The van der Waals surface area contributed by atoms with Crippen LogP contribution in [0.1, 0.15) is 30.4 Å². The average molecular weight is 517 g/mol. The number of halogens is 1. The summed E-state index contributed by atoms with van der Waals surface area (Å²) < 4.78 is 5.09. The zero-order valence-corrected chi connectivity index (χ0v) is 20.3. The van der Waals surface area contributed by atoms with Crippen LogP contribution in [0.25, 0.3) is 0 Å². The summed E-state index contributed by atoms with van der Waals surface area (Å²) in [5.41, 5.74) is 2.39. The Morgan fingerprint density at radius 2 is 2.00 bits per heavy atom. The summed E-state index contributed by atoms with van der Waals surface area (Å²) in [4.78, 5) is 20.5. The zero-order valence-electron chi connectivity index (χ0n) is 17.9. The minimum absolute atomic E-state index is 0. The monoisotopic (exact) mass is 517 g/mol. The molecule has 1 aromatic carbocycles. The second-order valence-electron chi connectivity index (χ2n) is 7.19. The van der Waals surface area contributed by atoms with Crippen LogP contribution in [0.2, 0.25) is 0 Å². The number of likely N-dealkylation sites (N-methyl/N-ethyl adjacent to an activating group) is 1. The molecule has 0 unspecified atom stereocenters. The molecule has 164 valence electrons. The predicted molar refractivity (Wildman–Crippen MR) is 129 cm³/mol. The number of aliphatic imine (C=N–C) groups is 1. The molecule has 0 aromatic heterocycles. The van der Waals surface area contributed by atoms with Gasteiger partial charge in [0.2, 0.25) is 5.91 Å². The lowest BCUT2D eigenvalue weighted by atomic mass is 10.1. The number of carbonyl (C=O) groups excluding carboxylic acids is 1. The molecule has 1 aliphatic heterocycles. The number of likely N-dealkylation sites (tertiary alicyclic amines) is 1. The van der Waals surface area contributed by atoms with Crippen molar-refractivity contribution in [3.63, 3.8) is 0 Å². The van der Waals surface area contributed by atoms with Crippen molar-refractivity contribution in [2.75, 3.05) is 54.0 Å². The van der Waals surface area contributed by atoms with Crippen LogP contribution in [0.3, 0.4) is 0 Å². The minimum atomic E-state index is 0. The summed E-state index contributed by atoms with van der Waals surface area (Å²) in [5, 5.41) is 6.75. The van der Waals surface area contributed by atoms with Crippen LogP contribution >= 0.6 is 24.0 Å². The number of hydrogen-bond donors (Lipinski definition) is 2. The molecule has 1 saturated heterocycles. The second-order valence-corrected chi connectivity index (χ2v) is 7.19. The van der Waals surface area contributed by atoms with Gasteiger partial charge < -0.3 is 25.2 Å². The van der Waals surface area contributed by atoms with Gasteiger partial charge in [-0.2, -0.15) is 0 Å². The van der Waals surface area contributed by atoms with Gasteiger partial charge in [0, 0.05) is 66.5 Å². The van der Waals surface area contributed by atoms with Gasteiger partial charge in [-0.3, -0.25) is 9.79 Å². The van der Waals surface area contributed by atoms with E-state index < -0.39 is 0 Å². The number of rotatable bonds is 11. The molecule has 1 heterocycles. The van der Waals surface area contributed by atoms with Crippen molar-refractivity contribution in [3.8, 4) is 0 Å². The lowest BCUT2D eigenvalue weighted by Crippen LogP contribution is -2.41. The van der Waals surface area contributed by atoms with E-state index >= 15 is 0 Å². The first-order valence-corrected chi connectivity index (χ1v) is 10.1. The van der Waals surface area contributed by atoms with Crippen molar-refractivity contribution >= 4 is 35.8 Å². The highest BCUT2D eigenvalue weighted by Crippen LogP contribution is 2.17. The molecule has 29 heavy (non-hydrogen) atoms. The molecule has 8 heteroatoms. The summed E-state index contributed by atoms with van der Waals surface area (Å²) in [6.45, 7) is 5.82. The van der Waals surface area contributed by atoms with E-state index in [4.69, 9.17) is 4.74 Å². The van der Waals surface area contributed by atoms with Crippen LogP contribution in [0.15, 0.2) is 29.3 Å². The first-order chi connectivity index (χ1) is 13.6. The smallest absolute Gasteiger partial charge is 0.222 e. The summed E-state index contributed by atoms with van der Waals surface area (Å²) in [6.07, 6.45) is 2.68. The fourth-order valence-electron chi connectivity index (χ4n) is 3.32. The normalized spacial score (nSPS) is 14.3. The Labute approximate surface area is 192 Å². The summed E-state index contributed by atoms with van der Waals surface area (Å²) in [7, 11) is 5.63. The molecule has 1 aromatic rings. The maximum Gasteiger partial charge on any atom is 0.222 e. The van der Waals surface area contributed by atoms with E-state index in [-0.39, 0.29) is 29.9 Å². The van der Waals surface area contributed by atoms with E-state index in [1.165, 1.54) is 11.1 Å². The quantitative estimate of drug-likeness (QED) is 0.204. The average Bonchev–Trinajstić information content (AvgIpc) is 3.10. The van der Waals surface area contributed by atoms with Crippen molar-refractivity contribution in [1.82, 2.24) is 20.4 Å². The molecule has 1 aliphatic rings. The Bertz CT molecular complexity index is 641. The Kier molecular flexibility index (Phi) is 12.9. The van der Waals surface area contributed by atoms with E-state index in [1.807, 2.05) is 17.0 Å². The first-order valence-electron chi connectivity index (χ1n) is 10.1. The van der Waals surface area contributed by atoms with Crippen LogP contribution in [0, 0.1) is 0 Å².